The van der Waals surface area contributed by atoms with Crippen LogP contribution in [0.3, 0.4) is 0 Å². The summed E-state index contributed by atoms with van der Waals surface area (Å²) in [5, 5.41) is 0. The molecule has 0 aliphatic carbocycles. The topological polar surface area (TPSA) is 12.4 Å². The summed E-state index contributed by atoms with van der Waals surface area (Å²) in [7, 11) is 0. The number of hydrogen-bond acceptors (Lipinski definition) is 2. The zero-order chi connectivity index (χ0) is 22.2. The minimum atomic E-state index is -4.33. The fourth-order valence-corrected chi connectivity index (χ4v) is 4.10. The number of nitrogens with zero attached hydrogens (tertiary/aromatic N) is 1. The van der Waals surface area contributed by atoms with Crippen LogP contribution in [-0.2, 0) is 0 Å². The van der Waals surface area contributed by atoms with E-state index < -0.39 is 28.5 Å². The van der Waals surface area contributed by atoms with Crippen LogP contribution >= 0.6 is 11.8 Å². The first-order valence-electron chi connectivity index (χ1n) is 9.38. The van der Waals surface area contributed by atoms with Crippen molar-refractivity contribution < 1.29 is 26.3 Å². The van der Waals surface area contributed by atoms with Crippen molar-refractivity contribution in [3.63, 3.8) is 0 Å². The van der Waals surface area contributed by atoms with Crippen LogP contribution < -0.4 is 0 Å². The van der Waals surface area contributed by atoms with Crippen molar-refractivity contribution in [3.05, 3.63) is 89.2 Å². The molecule has 8 heteroatoms. The lowest BCUT2D eigenvalue weighted by atomic mass is 9.99. The van der Waals surface area contributed by atoms with E-state index in [9.17, 15) is 26.3 Å². The van der Waals surface area contributed by atoms with Crippen molar-refractivity contribution in [2.75, 3.05) is 0 Å². The van der Waals surface area contributed by atoms with Gasteiger partial charge in [-0.15, -0.1) is 0 Å². The lowest BCUT2D eigenvalue weighted by molar-refractivity contribution is -0.0328. The lowest BCUT2D eigenvalue weighted by Crippen LogP contribution is -2.06. The molecule has 0 radical (unpaired) electrons. The van der Waals surface area contributed by atoms with Gasteiger partial charge >= 0.3 is 5.51 Å². The van der Waals surface area contributed by atoms with Crippen molar-refractivity contribution in [1.82, 2.24) is 0 Å². The van der Waals surface area contributed by atoms with Gasteiger partial charge in [-0.1, -0.05) is 36.4 Å². The first-order chi connectivity index (χ1) is 14.7. The van der Waals surface area contributed by atoms with E-state index in [2.05, 4.69) is 4.99 Å². The maximum absolute atomic E-state index is 14.0. The molecule has 1 nitrogen and oxygen atoms in total. The number of thioether (sulfide) groups is 1. The molecule has 31 heavy (non-hydrogen) atoms. The molecule has 1 aliphatic heterocycles. The first-order valence-corrected chi connectivity index (χ1v) is 10.2. The largest absolute Gasteiger partial charge is 0.446 e. The van der Waals surface area contributed by atoms with Gasteiger partial charge in [0, 0.05) is 10.6 Å². The minimum absolute atomic E-state index is 0.109. The fraction of sp³-hybridized carbons (Fsp3) is 0.174. The SMILES string of the molecule is Fc1ccc(F)c(C2=NC(c3ccc(-c4ccc(SC(F)(F)F)cc4)cc3)CC2)c1F. The molecule has 0 amide bonds. The molecule has 160 valence electrons. The summed E-state index contributed by atoms with van der Waals surface area (Å²) in [6, 6.07) is 14.7. The number of aliphatic imine (C=N–C) groups is 1. The summed E-state index contributed by atoms with van der Waals surface area (Å²) < 4.78 is 78.9. The van der Waals surface area contributed by atoms with Gasteiger partial charge in [0.15, 0.2) is 11.6 Å². The molecule has 0 aromatic heterocycles. The molecule has 1 aliphatic rings. The van der Waals surface area contributed by atoms with Crippen molar-refractivity contribution >= 4 is 17.5 Å². The van der Waals surface area contributed by atoms with Crippen LogP contribution in [0.25, 0.3) is 11.1 Å². The molecule has 1 heterocycles. The zero-order valence-electron chi connectivity index (χ0n) is 15.9. The monoisotopic (exact) mass is 451 g/mol. The van der Waals surface area contributed by atoms with Gasteiger partial charge in [0.2, 0.25) is 0 Å². The van der Waals surface area contributed by atoms with Gasteiger partial charge in [0.25, 0.3) is 0 Å². The summed E-state index contributed by atoms with van der Waals surface area (Å²) in [5.74, 6) is -3.20. The number of alkyl halides is 3. The maximum atomic E-state index is 14.0. The summed E-state index contributed by atoms with van der Waals surface area (Å²) in [6.45, 7) is 0. The third-order valence-electron chi connectivity index (χ3n) is 5.02. The second-order valence-electron chi connectivity index (χ2n) is 7.04. The molecule has 0 saturated carbocycles. The lowest BCUT2D eigenvalue weighted by Gasteiger charge is -2.10. The van der Waals surface area contributed by atoms with Crippen molar-refractivity contribution in [1.29, 1.82) is 0 Å². The summed E-state index contributed by atoms with van der Waals surface area (Å²) in [6.07, 6.45) is 0.857. The van der Waals surface area contributed by atoms with E-state index in [1.807, 2.05) is 24.3 Å². The smallest absolute Gasteiger partial charge is 0.281 e. The van der Waals surface area contributed by atoms with E-state index in [0.29, 0.717) is 12.8 Å². The van der Waals surface area contributed by atoms with E-state index in [1.54, 1.807) is 12.1 Å². The van der Waals surface area contributed by atoms with Gasteiger partial charge in [0.05, 0.1) is 11.6 Å². The van der Waals surface area contributed by atoms with Crippen LogP contribution in [0.4, 0.5) is 26.3 Å². The second kappa shape index (κ2) is 8.42. The molecular weight excluding hydrogens is 436 g/mol. The van der Waals surface area contributed by atoms with Crippen LogP contribution in [0.5, 0.6) is 0 Å². The van der Waals surface area contributed by atoms with Crippen LogP contribution in [-0.4, -0.2) is 11.2 Å². The van der Waals surface area contributed by atoms with E-state index in [-0.39, 0.29) is 28.4 Å². The Bertz CT molecular complexity index is 1120. The Balaban J connectivity index is 1.52. The fourth-order valence-electron chi connectivity index (χ4n) is 3.56. The third kappa shape index (κ3) is 4.79. The predicted octanol–water partition coefficient (Wildman–Crippen LogP) is 7.71. The molecule has 3 aromatic carbocycles. The standard InChI is InChI=1S/C23H15F6NS/c24-17-9-10-18(25)22(26)21(17)20-12-11-19(30-20)15-3-1-13(2-4-15)14-5-7-16(8-6-14)31-23(27,28)29/h1-10,19H,11-12H2. The number of halogens is 6. The zero-order valence-corrected chi connectivity index (χ0v) is 16.7. The highest BCUT2D eigenvalue weighted by Gasteiger charge is 2.29. The van der Waals surface area contributed by atoms with Crippen LogP contribution in [0.15, 0.2) is 70.6 Å². The molecule has 0 spiro atoms. The minimum Gasteiger partial charge on any atom is -0.281 e. The molecule has 0 N–H and O–H groups in total. The Morgan fingerprint density at radius 3 is 1.97 bits per heavy atom. The Hall–Kier alpha value is -2.74. The van der Waals surface area contributed by atoms with E-state index in [0.717, 1.165) is 28.8 Å². The first kappa shape index (κ1) is 21.5. The summed E-state index contributed by atoms with van der Waals surface area (Å²) in [5.41, 5.74) is -2.15. The molecule has 0 saturated heterocycles. The second-order valence-corrected chi connectivity index (χ2v) is 8.18. The van der Waals surface area contributed by atoms with Crippen molar-refractivity contribution in [2.24, 2.45) is 4.99 Å². The quantitative estimate of drug-likeness (QED) is 0.225. The van der Waals surface area contributed by atoms with E-state index in [1.165, 1.54) is 12.1 Å². The van der Waals surface area contributed by atoms with Crippen molar-refractivity contribution in [3.8, 4) is 11.1 Å². The van der Waals surface area contributed by atoms with Crippen molar-refractivity contribution in [2.45, 2.75) is 29.3 Å². The highest BCUT2D eigenvalue weighted by molar-refractivity contribution is 8.00. The van der Waals surface area contributed by atoms with Gasteiger partial charge in [-0.25, -0.2) is 13.2 Å². The maximum Gasteiger partial charge on any atom is 0.446 e. The molecule has 1 atom stereocenters. The molecule has 0 bridgehead atoms. The molecular formula is C23H15F6NS. The van der Waals surface area contributed by atoms with Gasteiger partial charge in [-0.2, -0.15) is 13.2 Å². The summed E-state index contributed by atoms with van der Waals surface area (Å²) >= 11 is -0.167. The van der Waals surface area contributed by atoms with Crippen LogP contribution in [0.2, 0.25) is 0 Å². The van der Waals surface area contributed by atoms with E-state index >= 15 is 0 Å². The van der Waals surface area contributed by atoms with Gasteiger partial charge in [0.1, 0.15) is 5.82 Å². The highest BCUT2D eigenvalue weighted by atomic mass is 32.2. The average molecular weight is 451 g/mol. The molecule has 3 aromatic rings. The van der Waals surface area contributed by atoms with Gasteiger partial charge in [-0.05, 0) is 65.6 Å². The van der Waals surface area contributed by atoms with Gasteiger partial charge < -0.3 is 0 Å². The van der Waals surface area contributed by atoms with Crippen LogP contribution in [0.1, 0.15) is 30.0 Å². The average Bonchev–Trinajstić information content (AvgIpc) is 3.20. The number of hydrogen-bond donors (Lipinski definition) is 0. The molecule has 4 rings (SSSR count). The highest BCUT2D eigenvalue weighted by Crippen LogP contribution is 2.38. The number of benzene rings is 3. The van der Waals surface area contributed by atoms with Crippen LogP contribution in [0, 0.1) is 17.5 Å². The third-order valence-corrected chi connectivity index (χ3v) is 5.75. The summed E-state index contributed by atoms with van der Waals surface area (Å²) in [4.78, 5) is 4.51. The Kier molecular flexibility index (Phi) is 5.83. The number of rotatable bonds is 4. The Labute approximate surface area is 178 Å². The Morgan fingerprint density at radius 2 is 1.35 bits per heavy atom. The van der Waals surface area contributed by atoms with E-state index in [4.69, 9.17) is 0 Å². The Morgan fingerprint density at radius 1 is 0.774 bits per heavy atom. The normalized spacial score (nSPS) is 16.5. The predicted molar refractivity (Wildman–Crippen MR) is 109 cm³/mol. The van der Waals surface area contributed by atoms with Gasteiger partial charge in [-0.3, -0.25) is 4.99 Å². The molecule has 0 fully saturated rings. The molecule has 1 unspecified atom stereocenters.